The van der Waals surface area contributed by atoms with Crippen LogP contribution in [0.3, 0.4) is 0 Å². The minimum absolute atomic E-state index is 0.312. The molecule has 34 heavy (non-hydrogen) atoms. The van der Waals surface area contributed by atoms with E-state index in [0.717, 1.165) is 79.7 Å². The Labute approximate surface area is 206 Å². The second-order valence-corrected chi connectivity index (χ2v) is 10.1. The highest BCUT2D eigenvalue weighted by atomic mass is 35.5. The predicted molar refractivity (Wildman–Crippen MR) is 136 cm³/mol. The molecule has 2 aromatic heterocycles. The number of piperidine rings is 1. The Morgan fingerprint density at radius 2 is 1.91 bits per heavy atom. The van der Waals surface area contributed by atoms with E-state index in [9.17, 15) is 0 Å². The lowest BCUT2D eigenvalue weighted by Crippen LogP contribution is -2.51. The summed E-state index contributed by atoms with van der Waals surface area (Å²) in [7, 11) is 0. The zero-order valence-electron chi connectivity index (χ0n) is 20.5. The summed E-state index contributed by atoms with van der Waals surface area (Å²) in [5.41, 5.74) is 4.02. The lowest BCUT2D eigenvalue weighted by molar-refractivity contribution is 0.0733. The maximum atomic E-state index is 6.74. The summed E-state index contributed by atoms with van der Waals surface area (Å²) in [6.45, 7) is 11.0. The fraction of sp³-hybridized carbons (Fsp3) is 0.577. The minimum atomic E-state index is 0.312. The number of aromatic nitrogens is 3. The highest BCUT2D eigenvalue weighted by Crippen LogP contribution is 2.40. The zero-order chi connectivity index (χ0) is 23.8. The van der Waals surface area contributed by atoms with Gasteiger partial charge in [-0.15, -0.1) is 0 Å². The van der Waals surface area contributed by atoms with Gasteiger partial charge >= 0.3 is 0 Å². The van der Waals surface area contributed by atoms with Crippen LogP contribution in [0.25, 0.3) is 22.4 Å². The summed E-state index contributed by atoms with van der Waals surface area (Å²) in [5.74, 6) is 2.03. The molecule has 0 radical (unpaired) electrons. The Bertz CT molecular complexity index is 1170. The number of ether oxygens (including phenoxy) is 1. The van der Waals surface area contributed by atoms with Crippen LogP contribution in [0.1, 0.15) is 56.5 Å². The molecular formula is C26H34ClN5O2. The summed E-state index contributed by atoms with van der Waals surface area (Å²) in [4.78, 5) is 12.1. The molecule has 0 amide bonds. The number of hydrogen-bond acceptors (Lipinski definition) is 7. The highest BCUT2D eigenvalue weighted by molar-refractivity contribution is 6.35. The SMILES string of the molecule is CCc1cc(Cl)c2nc(N3CC[C@H](NC4CCOCC4)C[C@H]3C)c(-c3nc(C)no3)c(C)c2c1. The monoisotopic (exact) mass is 483 g/mol. The number of nitrogens with zero attached hydrogens (tertiary/aromatic N) is 4. The first-order valence-corrected chi connectivity index (χ1v) is 12.9. The van der Waals surface area contributed by atoms with Crippen LogP contribution in [0, 0.1) is 13.8 Å². The molecule has 0 saturated carbocycles. The van der Waals surface area contributed by atoms with Crippen LogP contribution in [0.15, 0.2) is 16.7 Å². The third-order valence-electron chi connectivity index (χ3n) is 7.33. The molecule has 182 valence electrons. The van der Waals surface area contributed by atoms with E-state index in [-0.39, 0.29) is 0 Å². The molecule has 0 aliphatic carbocycles. The average molecular weight is 484 g/mol. The first-order chi connectivity index (χ1) is 16.4. The molecule has 2 atom stereocenters. The van der Waals surface area contributed by atoms with Gasteiger partial charge in [-0.25, -0.2) is 4.98 Å². The normalized spacial score (nSPS) is 22.0. The molecule has 0 unspecified atom stereocenters. The van der Waals surface area contributed by atoms with Gasteiger partial charge in [-0.3, -0.25) is 0 Å². The van der Waals surface area contributed by atoms with Gasteiger partial charge in [-0.05, 0) is 76.1 Å². The van der Waals surface area contributed by atoms with Crippen LogP contribution >= 0.6 is 11.6 Å². The molecule has 2 saturated heterocycles. The fourth-order valence-corrected chi connectivity index (χ4v) is 5.71. The lowest BCUT2D eigenvalue weighted by atomic mass is 9.94. The van der Waals surface area contributed by atoms with Crippen molar-refractivity contribution >= 4 is 28.3 Å². The van der Waals surface area contributed by atoms with Gasteiger partial charge in [-0.1, -0.05) is 23.7 Å². The first kappa shape index (κ1) is 23.5. The topological polar surface area (TPSA) is 76.3 Å². The number of fused-ring (bicyclic) bond motifs is 1. The molecule has 1 N–H and O–H groups in total. The predicted octanol–water partition coefficient (Wildman–Crippen LogP) is 5.24. The van der Waals surface area contributed by atoms with Crippen LogP contribution in [0.4, 0.5) is 5.82 Å². The molecule has 5 rings (SSSR count). The van der Waals surface area contributed by atoms with E-state index in [1.54, 1.807) is 0 Å². The van der Waals surface area contributed by atoms with Crippen LogP contribution in [0.5, 0.6) is 0 Å². The molecule has 7 nitrogen and oxygen atoms in total. The molecule has 2 aliphatic heterocycles. The average Bonchev–Trinajstić information content (AvgIpc) is 3.26. The Morgan fingerprint density at radius 3 is 2.59 bits per heavy atom. The maximum Gasteiger partial charge on any atom is 0.261 e. The van der Waals surface area contributed by atoms with Gasteiger partial charge in [0.25, 0.3) is 5.89 Å². The standard InChI is InChI=1S/C26H34ClN5O2/c1-5-18-13-21-16(3)23(26-28-17(4)31-34-26)25(30-24(21)22(27)14-18)32-9-6-20(12-15(32)2)29-19-7-10-33-11-8-19/h13-15,19-20,29H,5-12H2,1-4H3/t15-,20+/m1/s1. The molecule has 3 aromatic rings. The number of rotatable bonds is 5. The van der Waals surface area contributed by atoms with E-state index >= 15 is 0 Å². The van der Waals surface area contributed by atoms with Crippen molar-refractivity contribution in [2.24, 2.45) is 0 Å². The van der Waals surface area contributed by atoms with E-state index in [2.05, 4.69) is 47.2 Å². The van der Waals surface area contributed by atoms with Gasteiger partial charge in [0.15, 0.2) is 5.82 Å². The molecule has 4 heterocycles. The Kier molecular flexibility index (Phi) is 6.78. The molecule has 0 spiro atoms. The Hall–Kier alpha value is -2.22. The lowest BCUT2D eigenvalue weighted by Gasteiger charge is -2.41. The van der Waals surface area contributed by atoms with Crippen molar-refractivity contribution in [2.45, 2.75) is 77.9 Å². The Balaban J connectivity index is 1.52. The number of benzene rings is 1. The van der Waals surface area contributed by atoms with Crippen molar-refractivity contribution in [1.82, 2.24) is 20.4 Å². The number of anilines is 1. The van der Waals surface area contributed by atoms with Gasteiger partial charge in [0.05, 0.1) is 16.1 Å². The minimum Gasteiger partial charge on any atom is -0.381 e. The van der Waals surface area contributed by atoms with Crippen LogP contribution in [0.2, 0.25) is 5.02 Å². The molecule has 1 aromatic carbocycles. The van der Waals surface area contributed by atoms with Gasteiger partial charge < -0.3 is 19.5 Å². The Morgan fingerprint density at radius 1 is 1.12 bits per heavy atom. The van der Waals surface area contributed by atoms with Gasteiger partial charge in [0.1, 0.15) is 5.82 Å². The van der Waals surface area contributed by atoms with E-state index in [1.807, 2.05) is 13.0 Å². The summed E-state index contributed by atoms with van der Waals surface area (Å²) in [6, 6.07) is 5.59. The fourth-order valence-electron chi connectivity index (χ4n) is 5.42. The van der Waals surface area contributed by atoms with Crippen LogP contribution < -0.4 is 10.2 Å². The first-order valence-electron chi connectivity index (χ1n) is 12.5. The smallest absolute Gasteiger partial charge is 0.261 e. The highest BCUT2D eigenvalue weighted by Gasteiger charge is 2.32. The quantitative estimate of drug-likeness (QED) is 0.531. The number of pyridine rings is 1. The molecule has 2 aliphatic rings. The van der Waals surface area contributed by atoms with Crippen molar-refractivity contribution in [3.63, 3.8) is 0 Å². The van der Waals surface area contributed by atoms with Crippen molar-refractivity contribution in [2.75, 3.05) is 24.7 Å². The summed E-state index contributed by atoms with van der Waals surface area (Å²) in [5, 5.41) is 9.69. The zero-order valence-corrected chi connectivity index (χ0v) is 21.3. The second kappa shape index (κ2) is 9.80. The largest absolute Gasteiger partial charge is 0.381 e. The van der Waals surface area contributed by atoms with Gasteiger partial charge in [-0.2, -0.15) is 4.98 Å². The number of halogens is 1. The summed E-state index contributed by atoms with van der Waals surface area (Å²) in [6.07, 6.45) is 5.22. The second-order valence-electron chi connectivity index (χ2n) is 9.73. The van der Waals surface area contributed by atoms with Gasteiger partial charge in [0.2, 0.25) is 0 Å². The number of aryl methyl sites for hydroxylation is 3. The van der Waals surface area contributed by atoms with Crippen molar-refractivity contribution in [3.8, 4) is 11.5 Å². The third kappa shape index (κ3) is 4.53. The number of nitrogens with one attached hydrogen (secondary N) is 1. The molecule has 2 fully saturated rings. The number of hydrogen-bond donors (Lipinski definition) is 1. The maximum absolute atomic E-state index is 6.74. The molecule has 0 bridgehead atoms. The van der Waals surface area contributed by atoms with Crippen molar-refractivity contribution in [3.05, 3.63) is 34.1 Å². The van der Waals surface area contributed by atoms with E-state index < -0.39 is 0 Å². The summed E-state index contributed by atoms with van der Waals surface area (Å²) >= 11 is 6.74. The van der Waals surface area contributed by atoms with Crippen LogP contribution in [-0.4, -0.2) is 53.0 Å². The summed E-state index contributed by atoms with van der Waals surface area (Å²) < 4.78 is 11.2. The van der Waals surface area contributed by atoms with Crippen molar-refractivity contribution in [1.29, 1.82) is 0 Å². The van der Waals surface area contributed by atoms with E-state index in [1.165, 1.54) is 5.56 Å². The molecule has 8 heteroatoms. The third-order valence-corrected chi connectivity index (χ3v) is 7.62. The van der Waals surface area contributed by atoms with E-state index in [4.69, 9.17) is 25.8 Å². The van der Waals surface area contributed by atoms with Crippen molar-refractivity contribution < 1.29 is 9.26 Å². The van der Waals surface area contributed by atoms with E-state index in [0.29, 0.717) is 34.9 Å². The van der Waals surface area contributed by atoms with Gasteiger partial charge in [0, 0.05) is 43.3 Å². The molecular weight excluding hydrogens is 450 g/mol. The van der Waals surface area contributed by atoms with Crippen LogP contribution in [-0.2, 0) is 11.2 Å².